The quantitative estimate of drug-likeness (QED) is 0.760. The number of rotatable bonds is 3. The van der Waals surface area contributed by atoms with Crippen LogP contribution in [0.4, 0.5) is 0 Å². The first-order valence-electron chi connectivity index (χ1n) is 5.08. The van der Waals surface area contributed by atoms with E-state index in [1.165, 1.54) is 7.11 Å². The van der Waals surface area contributed by atoms with E-state index in [0.717, 1.165) is 25.2 Å². The van der Waals surface area contributed by atoms with Crippen LogP contribution >= 0.6 is 0 Å². The third kappa shape index (κ3) is 2.36. The minimum Gasteiger partial charge on any atom is -0.375 e. The van der Waals surface area contributed by atoms with E-state index in [1.54, 1.807) is 6.20 Å². The van der Waals surface area contributed by atoms with Crippen molar-refractivity contribution in [3.8, 4) is 0 Å². The Hall–Kier alpha value is -1.36. The number of hydrogen-bond acceptors (Lipinski definition) is 3. The molecule has 1 aliphatic heterocycles. The van der Waals surface area contributed by atoms with Crippen LogP contribution in [0.15, 0.2) is 12.4 Å². The lowest BCUT2D eigenvalue weighted by molar-refractivity contribution is -0.125. The maximum atomic E-state index is 11.3. The van der Waals surface area contributed by atoms with Gasteiger partial charge in [-0.25, -0.2) is 4.98 Å². The van der Waals surface area contributed by atoms with Gasteiger partial charge in [0.1, 0.15) is 12.4 Å². The molecule has 1 aromatic rings. The van der Waals surface area contributed by atoms with Gasteiger partial charge >= 0.3 is 0 Å². The maximum absolute atomic E-state index is 11.3. The van der Waals surface area contributed by atoms with Gasteiger partial charge in [-0.05, 0) is 6.42 Å². The Kier molecular flexibility index (Phi) is 3.01. The van der Waals surface area contributed by atoms with E-state index in [9.17, 15) is 4.79 Å². The van der Waals surface area contributed by atoms with E-state index >= 15 is 0 Å². The van der Waals surface area contributed by atoms with Crippen molar-refractivity contribution in [2.24, 2.45) is 0 Å². The number of imidazole rings is 1. The second kappa shape index (κ2) is 4.44. The topological polar surface area (TPSA) is 56.1 Å². The van der Waals surface area contributed by atoms with Crippen LogP contribution in [-0.2, 0) is 22.5 Å². The van der Waals surface area contributed by atoms with Crippen LogP contribution in [0.3, 0.4) is 0 Å². The predicted molar refractivity (Wildman–Crippen MR) is 54.4 cm³/mol. The Morgan fingerprint density at radius 1 is 1.80 bits per heavy atom. The van der Waals surface area contributed by atoms with Gasteiger partial charge in [0, 0.05) is 38.5 Å². The molecule has 0 unspecified atom stereocenters. The molecule has 0 saturated carbocycles. The van der Waals surface area contributed by atoms with Gasteiger partial charge in [-0.1, -0.05) is 0 Å². The van der Waals surface area contributed by atoms with E-state index in [-0.39, 0.29) is 18.6 Å². The maximum Gasteiger partial charge on any atom is 0.246 e. The highest BCUT2D eigenvalue weighted by Gasteiger charge is 2.19. The zero-order valence-electron chi connectivity index (χ0n) is 8.77. The largest absolute Gasteiger partial charge is 0.375 e. The van der Waals surface area contributed by atoms with Gasteiger partial charge in [-0.15, -0.1) is 0 Å². The number of fused-ring (bicyclic) bond motifs is 1. The van der Waals surface area contributed by atoms with Crippen molar-refractivity contribution in [1.29, 1.82) is 0 Å². The summed E-state index contributed by atoms with van der Waals surface area (Å²) in [4.78, 5) is 15.5. The van der Waals surface area contributed by atoms with E-state index in [1.807, 2.05) is 6.20 Å². The second-order valence-corrected chi connectivity index (χ2v) is 3.73. The molecule has 0 aromatic carbocycles. The number of carbonyl (C=O) groups excluding carboxylic acids is 1. The number of aryl methyl sites for hydroxylation is 1. The Labute approximate surface area is 88.4 Å². The van der Waals surface area contributed by atoms with Crippen LogP contribution in [-0.4, -0.2) is 35.2 Å². The molecular weight excluding hydrogens is 194 g/mol. The minimum absolute atomic E-state index is 0.0499. The molecule has 0 saturated heterocycles. The summed E-state index contributed by atoms with van der Waals surface area (Å²) in [5, 5.41) is 2.94. The first-order valence-corrected chi connectivity index (χ1v) is 5.08. The van der Waals surface area contributed by atoms with Crippen LogP contribution in [0.25, 0.3) is 0 Å². The molecule has 0 aliphatic carbocycles. The van der Waals surface area contributed by atoms with Crippen molar-refractivity contribution >= 4 is 5.91 Å². The van der Waals surface area contributed by atoms with Gasteiger partial charge in [0.05, 0.1) is 0 Å². The van der Waals surface area contributed by atoms with Crippen LogP contribution < -0.4 is 5.32 Å². The third-order valence-electron chi connectivity index (χ3n) is 2.58. The normalized spacial score (nSPS) is 19.7. The average molecular weight is 209 g/mol. The highest BCUT2D eigenvalue weighted by Crippen LogP contribution is 2.12. The van der Waals surface area contributed by atoms with Crippen LogP contribution in [0.1, 0.15) is 12.2 Å². The molecule has 1 aromatic heterocycles. The van der Waals surface area contributed by atoms with Gasteiger partial charge in [0.15, 0.2) is 0 Å². The fraction of sp³-hybridized carbons (Fsp3) is 0.600. The first kappa shape index (κ1) is 10.2. The molecule has 0 fully saturated rings. The fourth-order valence-electron chi connectivity index (χ4n) is 1.88. The molecule has 1 aliphatic rings. The smallest absolute Gasteiger partial charge is 0.246 e. The molecule has 1 amide bonds. The van der Waals surface area contributed by atoms with Gasteiger partial charge in [-0.3, -0.25) is 4.79 Å². The Morgan fingerprint density at radius 3 is 3.47 bits per heavy atom. The fourth-order valence-corrected chi connectivity index (χ4v) is 1.88. The number of amides is 1. The molecule has 2 heterocycles. The molecule has 0 radical (unpaired) electrons. The molecule has 0 bridgehead atoms. The molecule has 82 valence electrons. The lowest BCUT2D eigenvalue weighted by Gasteiger charge is -2.24. The van der Waals surface area contributed by atoms with Crippen molar-refractivity contribution in [2.75, 3.05) is 13.7 Å². The molecule has 0 spiro atoms. The summed E-state index contributed by atoms with van der Waals surface area (Å²) >= 11 is 0. The van der Waals surface area contributed by atoms with Gasteiger partial charge in [0.25, 0.3) is 0 Å². The molecular formula is C10H15N3O2. The summed E-state index contributed by atoms with van der Waals surface area (Å²) in [7, 11) is 1.52. The van der Waals surface area contributed by atoms with E-state index < -0.39 is 0 Å². The summed E-state index contributed by atoms with van der Waals surface area (Å²) in [6, 6.07) is 0.203. The minimum atomic E-state index is -0.0499. The highest BCUT2D eigenvalue weighted by molar-refractivity contribution is 5.77. The highest BCUT2D eigenvalue weighted by atomic mass is 16.5. The number of nitrogens with zero attached hydrogens (tertiary/aromatic N) is 2. The molecule has 15 heavy (non-hydrogen) atoms. The molecule has 5 nitrogen and oxygen atoms in total. The standard InChI is InChI=1S/C10H15N3O2/c1-15-7-10(14)12-8-2-3-9-11-4-5-13(9)6-8/h4-5,8H,2-3,6-7H2,1H3,(H,12,14)/t8-/m0/s1. The van der Waals surface area contributed by atoms with Crippen molar-refractivity contribution in [3.63, 3.8) is 0 Å². The number of methoxy groups -OCH3 is 1. The van der Waals surface area contributed by atoms with E-state index in [4.69, 9.17) is 4.74 Å². The monoisotopic (exact) mass is 209 g/mol. The number of nitrogens with one attached hydrogen (secondary N) is 1. The summed E-state index contributed by atoms with van der Waals surface area (Å²) in [6.07, 6.45) is 5.62. The molecule has 1 atom stereocenters. The number of aromatic nitrogens is 2. The van der Waals surface area contributed by atoms with Crippen LogP contribution in [0.5, 0.6) is 0 Å². The first-order chi connectivity index (χ1) is 7.29. The molecule has 5 heteroatoms. The second-order valence-electron chi connectivity index (χ2n) is 3.73. The lowest BCUT2D eigenvalue weighted by Crippen LogP contribution is -2.42. The van der Waals surface area contributed by atoms with Crippen molar-refractivity contribution < 1.29 is 9.53 Å². The summed E-state index contributed by atoms with van der Waals surface area (Å²) in [5.74, 6) is 1.05. The van der Waals surface area contributed by atoms with Crippen molar-refractivity contribution in [2.45, 2.75) is 25.4 Å². The van der Waals surface area contributed by atoms with Crippen molar-refractivity contribution in [3.05, 3.63) is 18.2 Å². The Balaban J connectivity index is 1.90. The number of ether oxygens (including phenoxy) is 1. The van der Waals surface area contributed by atoms with Gasteiger partial charge in [-0.2, -0.15) is 0 Å². The average Bonchev–Trinajstić information content (AvgIpc) is 2.65. The molecule has 2 rings (SSSR count). The van der Waals surface area contributed by atoms with Crippen LogP contribution in [0, 0.1) is 0 Å². The third-order valence-corrected chi connectivity index (χ3v) is 2.58. The van der Waals surface area contributed by atoms with Gasteiger partial charge < -0.3 is 14.6 Å². The van der Waals surface area contributed by atoms with Crippen molar-refractivity contribution in [1.82, 2.24) is 14.9 Å². The summed E-state index contributed by atoms with van der Waals surface area (Å²) in [5.41, 5.74) is 0. The zero-order valence-corrected chi connectivity index (χ0v) is 8.77. The van der Waals surface area contributed by atoms with E-state index in [2.05, 4.69) is 14.9 Å². The Bertz CT molecular complexity index is 348. The van der Waals surface area contributed by atoms with Gasteiger partial charge in [0.2, 0.25) is 5.91 Å². The van der Waals surface area contributed by atoms with E-state index in [0.29, 0.717) is 0 Å². The van der Waals surface area contributed by atoms with Crippen LogP contribution in [0.2, 0.25) is 0 Å². The zero-order chi connectivity index (χ0) is 10.7. The summed E-state index contributed by atoms with van der Waals surface area (Å²) < 4.78 is 6.85. The Morgan fingerprint density at radius 2 is 2.67 bits per heavy atom. The number of carbonyl (C=O) groups is 1. The predicted octanol–water partition coefficient (Wildman–Crippen LogP) is -0.0395. The molecule has 1 N–H and O–H groups in total. The number of hydrogen-bond donors (Lipinski definition) is 1. The summed E-state index contributed by atoms with van der Waals surface area (Å²) in [6.45, 7) is 0.943. The lowest BCUT2D eigenvalue weighted by atomic mass is 10.1. The SMILES string of the molecule is COCC(=O)N[C@H]1CCc2nccn2C1.